The third-order valence-corrected chi connectivity index (χ3v) is 3.07. The zero-order chi connectivity index (χ0) is 14.8. The number of amides is 1. The Bertz CT molecular complexity index is 375. The van der Waals surface area contributed by atoms with Gasteiger partial charge in [-0.3, -0.25) is 0 Å². The number of nitrogens with two attached hydrogens (primary N) is 1. The molecule has 1 atom stereocenters. The molecule has 1 aromatic rings. The molecule has 19 heavy (non-hydrogen) atoms. The number of hydrogen-bond donors (Lipinski definition) is 3. The largest absolute Gasteiger partial charge is 0.465 e. The standard InChI is InChI=1S/C12H16Cl2O.CH3NO2/c1-2-3-4-8-11(15)12-9(13)6-5-7-10(12)14;2-1(3)4/h5-7,11,15H,2-4,8H2,1H3;2H2,(H,3,4). The van der Waals surface area contributed by atoms with Gasteiger partial charge in [0.1, 0.15) is 0 Å². The van der Waals surface area contributed by atoms with Gasteiger partial charge in [-0.05, 0) is 18.6 Å². The van der Waals surface area contributed by atoms with Crippen molar-refractivity contribution in [1.29, 1.82) is 0 Å². The zero-order valence-electron chi connectivity index (χ0n) is 10.8. The van der Waals surface area contributed by atoms with Gasteiger partial charge in [-0.25, -0.2) is 4.79 Å². The first-order chi connectivity index (χ1) is 8.90. The van der Waals surface area contributed by atoms with Crippen molar-refractivity contribution in [2.24, 2.45) is 5.73 Å². The summed E-state index contributed by atoms with van der Waals surface area (Å²) in [4.78, 5) is 8.78. The van der Waals surface area contributed by atoms with Crippen LogP contribution in [0.25, 0.3) is 0 Å². The fraction of sp³-hybridized carbons (Fsp3) is 0.462. The Kier molecular flexibility index (Phi) is 9.39. The van der Waals surface area contributed by atoms with Crippen LogP contribution in [0.2, 0.25) is 10.0 Å². The van der Waals surface area contributed by atoms with E-state index in [-0.39, 0.29) is 0 Å². The molecule has 0 spiro atoms. The molecule has 108 valence electrons. The summed E-state index contributed by atoms with van der Waals surface area (Å²) >= 11 is 12.0. The van der Waals surface area contributed by atoms with Gasteiger partial charge in [-0.15, -0.1) is 0 Å². The van der Waals surface area contributed by atoms with E-state index in [1.54, 1.807) is 18.2 Å². The van der Waals surface area contributed by atoms with Crippen molar-refractivity contribution in [1.82, 2.24) is 0 Å². The molecule has 4 N–H and O–H groups in total. The number of unbranched alkanes of at least 4 members (excludes halogenated alkanes) is 2. The lowest BCUT2D eigenvalue weighted by Crippen LogP contribution is -2.03. The van der Waals surface area contributed by atoms with Crippen LogP contribution >= 0.6 is 23.2 Å². The maximum atomic E-state index is 9.94. The van der Waals surface area contributed by atoms with Crippen LogP contribution in [0.1, 0.15) is 44.3 Å². The lowest BCUT2D eigenvalue weighted by Gasteiger charge is -2.13. The van der Waals surface area contributed by atoms with E-state index in [2.05, 4.69) is 12.7 Å². The maximum Gasteiger partial charge on any atom is 0.402 e. The average molecular weight is 308 g/mol. The van der Waals surface area contributed by atoms with Crippen LogP contribution < -0.4 is 5.73 Å². The van der Waals surface area contributed by atoms with Gasteiger partial charge in [0.25, 0.3) is 0 Å². The highest BCUT2D eigenvalue weighted by molar-refractivity contribution is 6.36. The Morgan fingerprint density at radius 3 is 2.21 bits per heavy atom. The Balaban J connectivity index is 0.000000711. The first kappa shape index (κ1) is 18.0. The van der Waals surface area contributed by atoms with Crippen molar-refractivity contribution in [3.8, 4) is 0 Å². The lowest BCUT2D eigenvalue weighted by molar-refractivity contribution is 0.164. The number of rotatable bonds is 5. The van der Waals surface area contributed by atoms with Gasteiger partial charge in [-0.1, -0.05) is 55.5 Å². The normalized spacial score (nSPS) is 11.4. The molecule has 0 bridgehead atoms. The van der Waals surface area contributed by atoms with E-state index in [1.165, 1.54) is 0 Å². The highest BCUT2D eigenvalue weighted by Gasteiger charge is 2.14. The number of hydrogen-bond acceptors (Lipinski definition) is 2. The monoisotopic (exact) mass is 307 g/mol. The number of carboxylic acid groups (broad SMARTS) is 1. The SMILES string of the molecule is CCCCCC(O)c1c(Cl)cccc1Cl.NC(=O)O. The summed E-state index contributed by atoms with van der Waals surface area (Å²) in [7, 11) is 0. The van der Waals surface area contributed by atoms with Crippen molar-refractivity contribution in [3.63, 3.8) is 0 Å². The summed E-state index contributed by atoms with van der Waals surface area (Å²) in [6, 6.07) is 5.30. The van der Waals surface area contributed by atoms with Crippen molar-refractivity contribution < 1.29 is 15.0 Å². The molecule has 0 saturated heterocycles. The first-order valence-electron chi connectivity index (χ1n) is 6.00. The summed E-state index contributed by atoms with van der Waals surface area (Å²) in [6.07, 6.45) is 2.11. The molecular weight excluding hydrogens is 289 g/mol. The zero-order valence-corrected chi connectivity index (χ0v) is 12.3. The third kappa shape index (κ3) is 7.93. The van der Waals surface area contributed by atoms with Crippen LogP contribution in [0.3, 0.4) is 0 Å². The van der Waals surface area contributed by atoms with Gasteiger partial charge in [0.05, 0.1) is 6.10 Å². The fourth-order valence-electron chi connectivity index (χ4n) is 1.56. The topological polar surface area (TPSA) is 83.5 Å². The van der Waals surface area contributed by atoms with Gasteiger partial charge in [0.15, 0.2) is 0 Å². The van der Waals surface area contributed by atoms with Gasteiger partial charge >= 0.3 is 6.09 Å². The Labute approximate surface area is 123 Å². The Morgan fingerprint density at radius 2 is 1.79 bits per heavy atom. The minimum absolute atomic E-state index is 0.544. The summed E-state index contributed by atoms with van der Waals surface area (Å²) in [5.41, 5.74) is 4.69. The molecule has 0 saturated carbocycles. The predicted octanol–water partition coefficient (Wildman–Crippen LogP) is 4.23. The fourth-order valence-corrected chi connectivity index (χ4v) is 2.21. The van der Waals surface area contributed by atoms with Crippen molar-refractivity contribution >= 4 is 29.3 Å². The van der Waals surface area contributed by atoms with Crippen LogP contribution in [0.5, 0.6) is 0 Å². The molecule has 1 aromatic carbocycles. The van der Waals surface area contributed by atoms with E-state index < -0.39 is 12.2 Å². The first-order valence-corrected chi connectivity index (χ1v) is 6.76. The number of primary amides is 1. The quantitative estimate of drug-likeness (QED) is 0.712. The molecule has 0 radical (unpaired) electrons. The highest BCUT2D eigenvalue weighted by Crippen LogP contribution is 2.32. The van der Waals surface area contributed by atoms with Crippen molar-refractivity contribution in [2.45, 2.75) is 38.7 Å². The minimum Gasteiger partial charge on any atom is -0.465 e. The van der Waals surface area contributed by atoms with E-state index in [0.29, 0.717) is 15.6 Å². The van der Waals surface area contributed by atoms with Crippen molar-refractivity contribution in [2.75, 3.05) is 0 Å². The van der Waals surface area contributed by atoms with Gasteiger partial charge in [0.2, 0.25) is 0 Å². The molecule has 0 aliphatic rings. The molecule has 0 heterocycles. The molecule has 4 nitrogen and oxygen atoms in total. The second kappa shape index (κ2) is 9.89. The summed E-state index contributed by atoms with van der Waals surface area (Å²) in [5.74, 6) is 0. The second-order valence-corrected chi connectivity index (χ2v) is 4.80. The number of aliphatic hydroxyl groups excluding tert-OH is 1. The number of aliphatic hydroxyl groups is 1. The van der Waals surface area contributed by atoms with Crippen LogP contribution in [0, 0.1) is 0 Å². The van der Waals surface area contributed by atoms with E-state index in [9.17, 15) is 5.11 Å². The second-order valence-electron chi connectivity index (χ2n) is 3.99. The van der Waals surface area contributed by atoms with Gasteiger partial charge < -0.3 is 15.9 Å². The molecule has 1 rings (SSSR count). The summed E-state index contributed by atoms with van der Waals surface area (Å²) < 4.78 is 0. The van der Waals surface area contributed by atoms with E-state index in [0.717, 1.165) is 25.7 Å². The molecule has 0 aliphatic heterocycles. The smallest absolute Gasteiger partial charge is 0.402 e. The van der Waals surface area contributed by atoms with Crippen LogP contribution in [0.4, 0.5) is 4.79 Å². The van der Waals surface area contributed by atoms with Crippen LogP contribution in [0.15, 0.2) is 18.2 Å². The molecule has 1 unspecified atom stereocenters. The molecule has 1 amide bonds. The number of benzene rings is 1. The van der Waals surface area contributed by atoms with E-state index in [4.69, 9.17) is 33.1 Å². The minimum atomic E-state index is -1.33. The Morgan fingerprint density at radius 1 is 1.32 bits per heavy atom. The highest BCUT2D eigenvalue weighted by atomic mass is 35.5. The maximum absolute atomic E-state index is 9.94. The van der Waals surface area contributed by atoms with E-state index >= 15 is 0 Å². The lowest BCUT2D eigenvalue weighted by atomic mass is 10.0. The molecular formula is C13H19Cl2NO3. The van der Waals surface area contributed by atoms with Crippen LogP contribution in [-0.4, -0.2) is 16.3 Å². The van der Waals surface area contributed by atoms with Crippen LogP contribution in [-0.2, 0) is 0 Å². The molecule has 0 fully saturated rings. The molecule has 0 aliphatic carbocycles. The third-order valence-electron chi connectivity index (χ3n) is 2.41. The molecule has 6 heteroatoms. The van der Waals surface area contributed by atoms with Crippen molar-refractivity contribution in [3.05, 3.63) is 33.8 Å². The Hall–Kier alpha value is -0.970. The molecule has 0 aromatic heterocycles. The van der Waals surface area contributed by atoms with Gasteiger partial charge in [0, 0.05) is 15.6 Å². The van der Waals surface area contributed by atoms with Gasteiger partial charge in [-0.2, -0.15) is 0 Å². The number of carbonyl (C=O) groups is 1. The predicted molar refractivity (Wildman–Crippen MR) is 77.8 cm³/mol. The number of halogens is 2. The summed E-state index contributed by atoms with van der Waals surface area (Å²) in [6.45, 7) is 2.13. The summed E-state index contributed by atoms with van der Waals surface area (Å²) in [5, 5.41) is 18.2. The average Bonchev–Trinajstić information content (AvgIpc) is 2.28. The van der Waals surface area contributed by atoms with E-state index in [1.807, 2.05) is 0 Å².